The van der Waals surface area contributed by atoms with E-state index in [1.54, 1.807) is 7.11 Å². The fourth-order valence-electron chi connectivity index (χ4n) is 7.50. The quantitative estimate of drug-likeness (QED) is 0.0973. The first-order chi connectivity index (χ1) is 25.3. The van der Waals surface area contributed by atoms with Gasteiger partial charge in [-0.3, -0.25) is 14.3 Å². The van der Waals surface area contributed by atoms with Gasteiger partial charge in [-0.2, -0.15) is 5.10 Å². The van der Waals surface area contributed by atoms with E-state index in [2.05, 4.69) is 52.3 Å². The summed E-state index contributed by atoms with van der Waals surface area (Å²) >= 11 is 14.0. The number of hydrogen-bond donors (Lipinski definition) is 4. The third kappa shape index (κ3) is 7.98. The average molecular weight is 741 g/mol. The molecule has 0 spiro atoms. The number of amides is 1. The van der Waals surface area contributed by atoms with E-state index in [-0.39, 0.29) is 23.9 Å². The van der Waals surface area contributed by atoms with Gasteiger partial charge in [0, 0.05) is 65.2 Å². The van der Waals surface area contributed by atoms with Crippen LogP contribution in [0.1, 0.15) is 55.2 Å². The second kappa shape index (κ2) is 16.1. The van der Waals surface area contributed by atoms with E-state index in [4.69, 9.17) is 33.0 Å². The lowest BCUT2D eigenvalue weighted by molar-refractivity contribution is -0.142. The molecule has 5 aromatic rings. The van der Waals surface area contributed by atoms with Gasteiger partial charge in [0.1, 0.15) is 5.75 Å². The number of carbonyl (C=O) groups is 2. The van der Waals surface area contributed by atoms with E-state index in [1.807, 2.05) is 47.3 Å². The number of methoxy groups -OCH3 is 1. The molecular weight excluding hydrogens is 697 g/mol. The Bertz CT molecular complexity index is 2070. The third-order valence-electron chi connectivity index (χ3n) is 10.5. The number of fused-ring (bicyclic) bond motifs is 1. The molecule has 1 saturated carbocycles. The van der Waals surface area contributed by atoms with Gasteiger partial charge in [-0.05, 0) is 72.6 Å². The second-order valence-corrected chi connectivity index (χ2v) is 14.6. The lowest BCUT2D eigenvalue weighted by atomic mass is 9.86. The number of ether oxygens (including phenoxy) is 1. The number of aromatic nitrogens is 2. The Hall–Kier alpha value is -4.41. The topological polar surface area (TPSA) is 118 Å². The summed E-state index contributed by atoms with van der Waals surface area (Å²) in [6.07, 6.45) is 6.44. The molecule has 1 atom stereocenters. The van der Waals surface area contributed by atoms with Crippen LogP contribution in [-0.4, -0.2) is 52.5 Å². The second-order valence-electron chi connectivity index (χ2n) is 13.9. The maximum Gasteiger partial charge on any atom is 0.306 e. The summed E-state index contributed by atoms with van der Waals surface area (Å²) in [7, 11) is 1.66. The average Bonchev–Trinajstić information content (AvgIpc) is 3.77. The van der Waals surface area contributed by atoms with Crippen molar-refractivity contribution in [3.63, 3.8) is 0 Å². The predicted octanol–water partition coefficient (Wildman–Crippen LogP) is 7.84. The molecule has 0 unspecified atom stereocenters. The van der Waals surface area contributed by atoms with Crippen molar-refractivity contribution in [2.45, 2.75) is 70.2 Å². The van der Waals surface area contributed by atoms with Crippen LogP contribution in [0.5, 0.6) is 5.75 Å². The number of rotatable bonds is 13. The van der Waals surface area contributed by atoms with Crippen LogP contribution in [0.3, 0.4) is 0 Å². The minimum absolute atomic E-state index is 0.133. The van der Waals surface area contributed by atoms with Gasteiger partial charge in [-0.1, -0.05) is 77.8 Å². The normalized spacial score (nSPS) is 18.8. The van der Waals surface area contributed by atoms with E-state index in [0.29, 0.717) is 42.4 Å². The SMILES string of the molecule is COc1cc(Cn2ncc3c(-c4cccc(-c5ccc(CNC[C@@H]6CCC(=O)N6)cc5)c4Cl)cccc32)c(Cl)cc1CN[C@H]1CC[C@H](C(=O)O)CC1. The van der Waals surface area contributed by atoms with Crippen molar-refractivity contribution in [2.75, 3.05) is 13.7 Å². The van der Waals surface area contributed by atoms with Gasteiger partial charge in [0.25, 0.3) is 0 Å². The maximum atomic E-state index is 11.5. The van der Waals surface area contributed by atoms with Crippen LogP contribution in [0.4, 0.5) is 0 Å². The summed E-state index contributed by atoms with van der Waals surface area (Å²) in [6, 6.07) is 25.1. The Morgan fingerprint density at radius 1 is 0.942 bits per heavy atom. The Balaban J connectivity index is 1.05. The van der Waals surface area contributed by atoms with Crippen LogP contribution < -0.4 is 20.7 Å². The highest BCUT2D eigenvalue weighted by Gasteiger charge is 2.26. The molecule has 11 heteroatoms. The van der Waals surface area contributed by atoms with Crippen LogP contribution in [0.15, 0.2) is 79.0 Å². The van der Waals surface area contributed by atoms with Crippen LogP contribution in [0.2, 0.25) is 10.0 Å². The van der Waals surface area contributed by atoms with E-state index >= 15 is 0 Å². The first kappa shape index (κ1) is 36.0. The number of benzene rings is 4. The molecule has 0 bridgehead atoms. The molecule has 1 amide bonds. The predicted molar refractivity (Wildman–Crippen MR) is 206 cm³/mol. The number of carboxylic acids is 1. The van der Waals surface area contributed by atoms with Crippen LogP contribution in [0.25, 0.3) is 33.2 Å². The number of carbonyl (C=O) groups excluding carboxylic acids is 1. The van der Waals surface area contributed by atoms with Crippen molar-refractivity contribution in [3.05, 3.63) is 106 Å². The summed E-state index contributed by atoms with van der Waals surface area (Å²) in [4.78, 5) is 22.8. The molecule has 270 valence electrons. The van der Waals surface area contributed by atoms with Gasteiger partial charge in [0.15, 0.2) is 0 Å². The maximum absolute atomic E-state index is 11.5. The number of carboxylic acid groups (broad SMARTS) is 1. The molecule has 4 N–H and O–H groups in total. The first-order valence-electron chi connectivity index (χ1n) is 17.9. The molecule has 9 nitrogen and oxygen atoms in total. The van der Waals surface area contributed by atoms with E-state index in [0.717, 1.165) is 82.4 Å². The van der Waals surface area contributed by atoms with Crippen LogP contribution in [0, 0.1) is 5.92 Å². The number of hydrogen-bond acceptors (Lipinski definition) is 6. The molecule has 1 saturated heterocycles. The first-order valence-corrected chi connectivity index (χ1v) is 18.7. The molecule has 1 aliphatic heterocycles. The van der Waals surface area contributed by atoms with Crippen molar-refractivity contribution in [3.8, 4) is 28.0 Å². The van der Waals surface area contributed by atoms with Crippen LogP contribution in [-0.2, 0) is 29.2 Å². The Morgan fingerprint density at radius 2 is 1.69 bits per heavy atom. The van der Waals surface area contributed by atoms with Crippen LogP contribution >= 0.6 is 23.2 Å². The fraction of sp³-hybridized carbons (Fsp3) is 0.341. The summed E-state index contributed by atoms with van der Waals surface area (Å²) in [5.41, 5.74) is 7.90. The smallest absolute Gasteiger partial charge is 0.306 e. The molecular formula is C41H43Cl2N5O4. The van der Waals surface area contributed by atoms with Gasteiger partial charge in [-0.25, -0.2) is 0 Å². The highest BCUT2D eigenvalue weighted by atomic mass is 35.5. The molecule has 0 radical (unpaired) electrons. The zero-order valence-electron chi connectivity index (χ0n) is 29.1. The largest absolute Gasteiger partial charge is 0.496 e. The van der Waals surface area contributed by atoms with Crippen molar-refractivity contribution >= 4 is 46.0 Å². The molecule has 7 rings (SSSR count). The standard InChI is InChI=1S/C41H43Cl2N5O4/c1-52-38-19-29(36(42)18-28(38)21-45-30-14-12-27(13-15-30)41(50)51)24-48-37-7-3-5-33(35(37)23-46-48)34-6-2-4-32(40(34)43)26-10-8-25(9-11-26)20-44-22-31-16-17-39(49)47-31/h2-11,18-19,23,27,30-31,44-45H,12-17,20-22,24H2,1H3,(H,47,49)(H,50,51)/t27-,30-,31-/m0/s1. The summed E-state index contributed by atoms with van der Waals surface area (Å²) in [5.74, 6) is -0.0585. The van der Waals surface area contributed by atoms with E-state index in [1.165, 1.54) is 5.56 Å². The van der Waals surface area contributed by atoms with Crippen molar-refractivity contribution in [1.82, 2.24) is 25.7 Å². The minimum Gasteiger partial charge on any atom is -0.496 e. The van der Waals surface area contributed by atoms with Crippen molar-refractivity contribution in [2.24, 2.45) is 5.92 Å². The lowest BCUT2D eigenvalue weighted by Gasteiger charge is -2.27. The number of aliphatic carboxylic acids is 1. The number of nitrogens with zero attached hydrogens (tertiary/aromatic N) is 2. The molecule has 2 aliphatic rings. The molecule has 2 fully saturated rings. The lowest BCUT2D eigenvalue weighted by Crippen LogP contribution is -2.35. The highest BCUT2D eigenvalue weighted by molar-refractivity contribution is 6.36. The molecule has 1 aliphatic carbocycles. The number of nitrogens with one attached hydrogen (secondary N) is 3. The Morgan fingerprint density at radius 3 is 2.42 bits per heavy atom. The fourth-order valence-corrected chi connectivity index (χ4v) is 8.08. The minimum atomic E-state index is -0.696. The van der Waals surface area contributed by atoms with Gasteiger partial charge in [0.05, 0.1) is 36.3 Å². The summed E-state index contributed by atoms with van der Waals surface area (Å²) in [5, 5.41) is 26.4. The molecule has 2 heterocycles. The third-order valence-corrected chi connectivity index (χ3v) is 11.2. The summed E-state index contributed by atoms with van der Waals surface area (Å²) in [6.45, 7) is 2.53. The molecule has 52 heavy (non-hydrogen) atoms. The molecule has 4 aromatic carbocycles. The summed E-state index contributed by atoms with van der Waals surface area (Å²) < 4.78 is 7.73. The van der Waals surface area contributed by atoms with Crippen molar-refractivity contribution < 1.29 is 19.4 Å². The Kier molecular flexibility index (Phi) is 11.1. The van der Waals surface area contributed by atoms with E-state index < -0.39 is 5.97 Å². The monoisotopic (exact) mass is 739 g/mol. The van der Waals surface area contributed by atoms with Crippen molar-refractivity contribution in [1.29, 1.82) is 0 Å². The zero-order chi connectivity index (χ0) is 36.2. The van der Waals surface area contributed by atoms with Gasteiger partial charge in [-0.15, -0.1) is 0 Å². The highest BCUT2D eigenvalue weighted by Crippen LogP contribution is 2.39. The van der Waals surface area contributed by atoms with Gasteiger partial charge in [0.2, 0.25) is 5.91 Å². The Labute approximate surface area is 313 Å². The number of halogens is 2. The molecule has 1 aromatic heterocycles. The van der Waals surface area contributed by atoms with E-state index in [9.17, 15) is 14.7 Å². The van der Waals surface area contributed by atoms with Gasteiger partial charge >= 0.3 is 5.97 Å². The van der Waals surface area contributed by atoms with Gasteiger partial charge < -0.3 is 25.8 Å². The zero-order valence-corrected chi connectivity index (χ0v) is 30.6.